The fourth-order valence-corrected chi connectivity index (χ4v) is 2.13. The van der Waals surface area contributed by atoms with E-state index in [0.29, 0.717) is 18.7 Å². The molecule has 2 aromatic rings. The zero-order chi connectivity index (χ0) is 14.4. The third-order valence-electron chi connectivity index (χ3n) is 2.65. The summed E-state index contributed by atoms with van der Waals surface area (Å²) >= 11 is 3.42. The van der Waals surface area contributed by atoms with Gasteiger partial charge in [-0.2, -0.15) is 0 Å². The number of carbonyl (C=O) groups excluding carboxylic acids is 1. The molecule has 2 N–H and O–H groups in total. The first-order valence-electron chi connectivity index (χ1n) is 6.19. The Morgan fingerprint density at radius 3 is 2.70 bits per heavy atom. The van der Waals surface area contributed by atoms with E-state index in [2.05, 4.69) is 26.6 Å². The van der Waals surface area contributed by atoms with E-state index in [1.54, 1.807) is 12.1 Å². The summed E-state index contributed by atoms with van der Waals surface area (Å²) in [6.45, 7) is 0.504. The maximum atomic E-state index is 13.0. The summed E-state index contributed by atoms with van der Waals surface area (Å²) in [7, 11) is 0. The minimum absolute atomic E-state index is 0.157. The minimum atomic E-state index is -0.367. The normalized spacial score (nSPS) is 10.1. The molecule has 0 fully saturated rings. The Hall–Kier alpha value is -1.88. The highest BCUT2D eigenvalue weighted by molar-refractivity contribution is 9.10. The van der Waals surface area contributed by atoms with Crippen LogP contribution >= 0.6 is 15.9 Å². The lowest BCUT2D eigenvalue weighted by Gasteiger charge is -2.09. The Morgan fingerprint density at radius 1 is 1.15 bits per heavy atom. The third-order valence-corrected chi connectivity index (χ3v) is 3.34. The van der Waals surface area contributed by atoms with Crippen LogP contribution in [0.1, 0.15) is 6.42 Å². The largest absolute Gasteiger partial charge is 0.384 e. The maximum absolute atomic E-state index is 13.0. The number of nitrogens with one attached hydrogen (secondary N) is 2. The Kier molecular flexibility index (Phi) is 5.12. The molecule has 0 heterocycles. The van der Waals surface area contributed by atoms with Crippen LogP contribution in [0.3, 0.4) is 0 Å². The molecule has 3 nitrogen and oxygen atoms in total. The average Bonchev–Trinajstić information content (AvgIpc) is 2.41. The van der Waals surface area contributed by atoms with Crippen molar-refractivity contribution in [3.63, 3.8) is 0 Å². The van der Waals surface area contributed by atoms with Gasteiger partial charge in [0.2, 0.25) is 5.91 Å². The number of anilines is 2. The zero-order valence-electron chi connectivity index (χ0n) is 10.7. The molecule has 0 aliphatic rings. The molecule has 0 spiro atoms. The molecule has 2 rings (SSSR count). The number of benzene rings is 2. The van der Waals surface area contributed by atoms with Crippen molar-refractivity contribution in [3.8, 4) is 0 Å². The van der Waals surface area contributed by atoms with Gasteiger partial charge >= 0.3 is 0 Å². The highest BCUT2D eigenvalue weighted by atomic mass is 79.9. The summed E-state index contributed by atoms with van der Waals surface area (Å²) in [5.74, 6) is -0.524. The van der Waals surface area contributed by atoms with Gasteiger partial charge < -0.3 is 10.6 Å². The molecule has 20 heavy (non-hydrogen) atoms. The van der Waals surface area contributed by atoms with Crippen molar-refractivity contribution >= 4 is 33.2 Å². The topological polar surface area (TPSA) is 41.1 Å². The first-order chi connectivity index (χ1) is 9.65. The van der Waals surface area contributed by atoms with Gasteiger partial charge in [0.15, 0.2) is 0 Å². The Labute approximate surface area is 125 Å². The molecule has 0 saturated carbocycles. The summed E-state index contributed by atoms with van der Waals surface area (Å²) in [6, 6.07) is 13.5. The van der Waals surface area contributed by atoms with E-state index in [1.807, 2.05) is 24.3 Å². The number of halogens is 2. The molecule has 0 aromatic heterocycles. The van der Waals surface area contributed by atoms with E-state index in [9.17, 15) is 9.18 Å². The molecular formula is C15H14BrFN2O. The standard InChI is InChI=1S/C15H14BrFN2O/c16-13-6-1-2-7-14(13)18-9-8-15(20)19-12-5-3-4-11(17)10-12/h1-7,10,18H,8-9H2,(H,19,20). The molecule has 0 unspecified atom stereocenters. The van der Waals surface area contributed by atoms with Gasteiger partial charge in [0.05, 0.1) is 0 Å². The van der Waals surface area contributed by atoms with Crippen LogP contribution in [0.5, 0.6) is 0 Å². The van der Waals surface area contributed by atoms with Crippen molar-refractivity contribution in [1.82, 2.24) is 0 Å². The molecular weight excluding hydrogens is 323 g/mol. The summed E-state index contributed by atoms with van der Waals surface area (Å²) in [4.78, 5) is 11.7. The van der Waals surface area contributed by atoms with Gasteiger partial charge in [-0.05, 0) is 46.3 Å². The lowest BCUT2D eigenvalue weighted by molar-refractivity contribution is -0.115. The van der Waals surface area contributed by atoms with Gasteiger partial charge in [-0.25, -0.2) is 4.39 Å². The number of hydrogen-bond acceptors (Lipinski definition) is 2. The zero-order valence-corrected chi connectivity index (χ0v) is 12.3. The Bertz CT molecular complexity index is 604. The van der Waals surface area contributed by atoms with E-state index in [0.717, 1.165) is 10.2 Å². The Morgan fingerprint density at radius 2 is 1.95 bits per heavy atom. The number of carbonyl (C=O) groups is 1. The summed E-state index contributed by atoms with van der Waals surface area (Å²) in [6.07, 6.45) is 0.303. The van der Waals surface area contributed by atoms with Crippen molar-refractivity contribution in [1.29, 1.82) is 0 Å². The monoisotopic (exact) mass is 336 g/mol. The van der Waals surface area contributed by atoms with Crippen LogP contribution in [0.2, 0.25) is 0 Å². The SMILES string of the molecule is O=C(CCNc1ccccc1Br)Nc1cccc(F)c1. The second-order valence-electron chi connectivity index (χ2n) is 4.22. The van der Waals surface area contributed by atoms with E-state index in [-0.39, 0.29) is 11.7 Å². The molecule has 0 radical (unpaired) electrons. The predicted molar refractivity (Wildman–Crippen MR) is 82.3 cm³/mol. The summed E-state index contributed by atoms with van der Waals surface area (Å²) in [5, 5.41) is 5.81. The van der Waals surface area contributed by atoms with Crippen LogP contribution < -0.4 is 10.6 Å². The van der Waals surface area contributed by atoms with Crippen LogP contribution in [0, 0.1) is 5.82 Å². The van der Waals surface area contributed by atoms with Crippen LogP contribution in [-0.2, 0) is 4.79 Å². The molecule has 2 aromatic carbocycles. The third kappa shape index (κ3) is 4.35. The molecule has 0 aliphatic carbocycles. The fraction of sp³-hybridized carbons (Fsp3) is 0.133. The van der Waals surface area contributed by atoms with Crippen molar-refractivity contribution in [2.24, 2.45) is 0 Å². The van der Waals surface area contributed by atoms with Crippen LogP contribution in [0.25, 0.3) is 0 Å². The number of amides is 1. The summed E-state index contributed by atoms with van der Waals surface area (Å²) in [5.41, 5.74) is 1.40. The second kappa shape index (κ2) is 7.05. The fourth-order valence-electron chi connectivity index (χ4n) is 1.70. The van der Waals surface area contributed by atoms with Gasteiger partial charge in [-0.1, -0.05) is 18.2 Å². The Balaban J connectivity index is 1.80. The number of para-hydroxylation sites is 1. The van der Waals surface area contributed by atoms with Crippen molar-refractivity contribution in [3.05, 3.63) is 58.8 Å². The van der Waals surface area contributed by atoms with Gasteiger partial charge in [-0.3, -0.25) is 4.79 Å². The summed E-state index contributed by atoms with van der Waals surface area (Å²) < 4.78 is 13.9. The first-order valence-corrected chi connectivity index (χ1v) is 6.98. The second-order valence-corrected chi connectivity index (χ2v) is 5.07. The number of rotatable bonds is 5. The predicted octanol–water partition coefficient (Wildman–Crippen LogP) is 4.03. The quantitative estimate of drug-likeness (QED) is 0.865. The lowest BCUT2D eigenvalue weighted by atomic mass is 10.3. The van der Waals surface area contributed by atoms with E-state index in [4.69, 9.17) is 0 Å². The number of hydrogen-bond donors (Lipinski definition) is 2. The van der Waals surface area contributed by atoms with E-state index in [1.165, 1.54) is 12.1 Å². The molecule has 5 heteroatoms. The molecule has 1 amide bonds. The first kappa shape index (κ1) is 14.5. The lowest BCUT2D eigenvalue weighted by Crippen LogP contribution is -2.16. The van der Waals surface area contributed by atoms with Crippen LogP contribution in [-0.4, -0.2) is 12.5 Å². The average molecular weight is 337 g/mol. The minimum Gasteiger partial charge on any atom is -0.384 e. The van der Waals surface area contributed by atoms with Crippen LogP contribution in [0.15, 0.2) is 53.0 Å². The molecule has 104 valence electrons. The molecule has 0 aliphatic heterocycles. The van der Waals surface area contributed by atoms with E-state index < -0.39 is 0 Å². The van der Waals surface area contributed by atoms with Crippen molar-refractivity contribution in [2.45, 2.75) is 6.42 Å². The van der Waals surface area contributed by atoms with Crippen molar-refractivity contribution in [2.75, 3.05) is 17.2 Å². The van der Waals surface area contributed by atoms with Gasteiger partial charge in [0, 0.05) is 28.8 Å². The van der Waals surface area contributed by atoms with Gasteiger partial charge in [0.25, 0.3) is 0 Å². The molecule has 0 atom stereocenters. The van der Waals surface area contributed by atoms with Crippen molar-refractivity contribution < 1.29 is 9.18 Å². The van der Waals surface area contributed by atoms with Gasteiger partial charge in [0.1, 0.15) is 5.82 Å². The maximum Gasteiger partial charge on any atom is 0.226 e. The molecule has 0 bridgehead atoms. The highest BCUT2D eigenvalue weighted by Crippen LogP contribution is 2.20. The smallest absolute Gasteiger partial charge is 0.226 e. The van der Waals surface area contributed by atoms with Crippen LogP contribution in [0.4, 0.5) is 15.8 Å². The highest BCUT2D eigenvalue weighted by Gasteiger charge is 2.04. The van der Waals surface area contributed by atoms with Gasteiger partial charge in [-0.15, -0.1) is 0 Å². The van der Waals surface area contributed by atoms with E-state index >= 15 is 0 Å². The molecule has 0 saturated heterocycles.